The van der Waals surface area contributed by atoms with Crippen molar-refractivity contribution in [2.24, 2.45) is 5.92 Å². The summed E-state index contributed by atoms with van der Waals surface area (Å²) in [5, 5.41) is 8.72. The number of anilines is 1. The van der Waals surface area contributed by atoms with Crippen LogP contribution in [0.4, 0.5) is 5.69 Å². The molecular formula is C11H12N2O3S. The molecule has 1 atom stereocenters. The molecule has 6 heteroatoms. The van der Waals surface area contributed by atoms with E-state index in [9.17, 15) is 9.59 Å². The topological polar surface area (TPSA) is 70.5 Å². The molecule has 1 fully saturated rings. The van der Waals surface area contributed by atoms with Crippen LogP contribution in [0.2, 0.25) is 0 Å². The molecule has 1 unspecified atom stereocenters. The number of aromatic nitrogens is 1. The lowest BCUT2D eigenvalue weighted by Gasteiger charge is -2.15. The number of rotatable bonds is 3. The molecule has 1 aliphatic rings. The van der Waals surface area contributed by atoms with Gasteiger partial charge in [-0.3, -0.25) is 4.79 Å². The van der Waals surface area contributed by atoms with E-state index in [1.54, 1.807) is 11.0 Å². The van der Waals surface area contributed by atoms with Gasteiger partial charge in [0.2, 0.25) is 5.91 Å². The average molecular weight is 252 g/mol. The molecule has 1 aromatic rings. The van der Waals surface area contributed by atoms with E-state index >= 15 is 0 Å². The van der Waals surface area contributed by atoms with Crippen LogP contribution in [0, 0.1) is 5.92 Å². The van der Waals surface area contributed by atoms with Crippen LogP contribution in [0.25, 0.3) is 0 Å². The fourth-order valence-electron chi connectivity index (χ4n) is 1.83. The Morgan fingerprint density at radius 1 is 1.59 bits per heavy atom. The van der Waals surface area contributed by atoms with E-state index in [-0.39, 0.29) is 17.5 Å². The first-order valence-corrected chi connectivity index (χ1v) is 5.85. The fourth-order valence-corrected chi connectivity index (χ4v) is 2.07. The number of amides is 1. The second-order valence-electron chi connectivity index (χ2n) is 3.96. The van der Waals surface area contributed by atoms with Gasteiger partial charge in [0.1, 0.15) is 5.69 Å². The minimum Gasteiger partial charge on any atom is -0.477 e. The zero-order chi connectivity index (χ0) is 12.4. The summed E-state index contributed by atoms with van der Waals surface area (Å²) in [4.78, 5) is 27.8. The van der Waals surface area contributed by atoms with Crippen LogP contribution in [0.3, 0.4) is 0 Å². The Morgan fingerprint density at radius 2 is 2.35 bits per heavy atom. The maximum atomic E-state index is 11.7. The van der Waals surface area contributed by atoms with Crippen molar-refractivity contribution in [3.05, 3.63) is 24.0 Å². The third-order valence-corrected chi connectivity index (χ3v) is 3.26. The second-order valence-corrected chi connectivity index (χ2v) is 4.33. The molecule has 0 saturated carbocycles. The van der Waals surface area contributed by atoms with Gasteiger partial charge >= 0.3 is 5.97 Å². The summed E-state index contributed by atoms with van der Waals surface area (Å²) in [5.74, 6) is -0.112. The number of hydrogen-bond donors (Lipinski definition) is 2. The monoisotopic (exact) mass is 252 g/mol. The number of carbonyl (C=O) groups is 2. The Balaban J connectivity index is 2.18. The highest BCUT2D eigenvalue weighted by Gasteiger charge is 2.29. The van der Waals surface area contributed by atoms with Crippen LogP contribution in [0.5, 0.6) is 0 Å². The molecule has 17 heavy (non-hydrogen) atoms. The van der Waals surface area contributed by atoms with Crippen molar-refractivity contribution in [2.75, 3.05) is 17.2 Å². The molecule has 5 nitrogen and oxygen atoms in total. The Labute approximate surface area is 104 Å². The Morgan fingerprint density at radius 3 is 2.82 bits per heavy atom. The van der Waals surface area contributed by atoms with Crippen LogP contribution in [-0.2, 0) is 4.79 Å². The van der Waals surface area contributed by atoms with Crippen molar-refractivity contribution >= 4 is 30.2 Å². The normalized spacial score (nSPS) is 19.7. The molecule has 1 aromatic heterocycles. The maximum Gasteiger partial charge on any atom is 0.354 e. The first kappa shape index (κ1) is 11.9. The number of pyridine rings is 1. The minimum atomic E-state index is -1.07. The van der Waals surface area contributed by atoms with Gasteiger partial charge in [-0.2, -0.15) is 12.6 Å². The van der Waals surface area contributed by atoms with Crippen molar-refractivity contribution in [3.8, 4) is 0 Å². The van der Waals surface area contributed by atoms with Crippen molar-refractivity contribution in [3.63, 3.8) is 0 Å². The highest BCUT2D eigenvalue weighted by molar-refractivity contribution is 7.80. The van der Waals surface area contributed by atoms with Gasteiger partial charge in [-0.25, -0.2) is 9.78 Å². The smallest absolute Gasteiger partial charge is 0.354 e. The molecule has 1 saturated heterocycles. The summed E-state index contributed by atoms with van der Waals surface area (Å²) in [6, 6.07) is 3.01. The third kappa shape index (κ3) is 2.41. The summed E-state index contributed by atoms with van der Waals surface area (Å²) < 4.78 is 0. The van der Waals surface area contributed by atoms with Crippen LogP contribution in [0.1, 0.15) is 16.9 Å². The van der Waals surface area contributed by atoms with Gasteiger partial charge in [-0.1, -0.05) is 0 Å². The molecule has 0 radical (unpaired) electrons. The molecule has 1 aliphatic heterocycles. The maximum absolute atomic E-state index is 11.7. The number of thiol groups is 1. The van der Waals surface area contributed by atoms with Crippen molar-refractivity contribution in [1.82, 2.24) is 4.98 Å². The first-order chi connectivity index (χ1) is 8.11. The highest BCUT2D eigenvalue weighted by Crippen LogP contribution is 2.25. The fraction of sp³-hybridized carbons (Fsp3) is 0.364. The van der Waals surface area contributed by atoms with E-state index in [1.807, 2.05) is 0 Å². The number of hydrogen-bond acceptors (Lipinski definition) is 4. The third-order valence-electron chi connectivity index (χ3n) is 2.74. The number of nitrogens with zero attached hydrogens (tertiary/aromatic N) is 2. The van der Waals surface area contributed by atoms with Gasteiger partial charge in [0, 0.05) is 13.0 Å². The van der Waals surface area contributed by atoms with E-state index in [2.05, 4.69) is 17.6 Å². The molecule has 0 aliphatic carbocycles. The molecule has 0 aromatic carbocycles. The van der Waals surface area contributed by atoms with Gasteiger partial charge in [0.15, 0.2) is 0 Å². The lowest BCUT2D eigenvalue weighted by Crippen LogP contribution is -2.24. The van der Waals surface area contributed by atoms with Crippen LogP contribution >= 0.6 is 12.6 Å². The molecule has 2 heterocycles. The summed E-state index contributed by atoms with van der Waals surface area (Å²) in [6.07, 6.45) is 1.91. The molecule has 0 bridgehead atoms. The zero-order valence-corrected chi connectivity index (χ0v) is 9.93. The predicted octanol–water partition coefficient (Wildman–Crippen LogP) is 1.06. The lowest BCUT2D eigenvalue weighted by atomic mass is 10.1. The predicted molar refractivity (Wildman–Crippen MR) is 65.5 cm³/mol. The molecule has 0 spiro atoms. The molecule has 2 rings (SSSR count). The van der Waals surface area contributed by atoms with Crippen molar-refractivity contribution < 1.29 is 14.7 Å². The molecule has 90 valence electrons. The molecular weight excluding hydrogens is 240 g/mol. The van der Waals surface area contributed by atoms with Gasteiger partial charge in [-0.05, 0) is 23.8 Å². The number of carboxylic acids is 1. The summed E-state index contributed by atoms with van der Waals surface area (Å²) in [5.41, 5.74) is 0.621. The lowest BCUT2D eigenvalue weighted by molar-refractivity contribution is -0.117. The van der Waals surface area contributed by atoms with Gasteiger partial charge in [0.05, 0.1) is 11.9 Å². The van der Waals surface area contributed by atoms with Crippen molar-refractivity contribution in [1.29, 1.82) is 0 Å². The first-order valence-electron chi connectivity index (χ1n) is 5.22. The minimum absolute atomic E-state index is 0.0221. The van der Waals surface area contributed by atoms with E-state index in [4.69, 9.17) is 5.11 Å². The summed E-state index contributed by atoms with van der Waals surface area (Å²) in [6.45, 7) is 0.621. The van der Waals surface area contributed by atoms with E-state index in [1.165, 1.54) is 12.3 Å². The average Bonchev–Trinajstić information content (AvgIpc) is 2.71. The SMILES string of the molecule is O=C(O)c1ccc(N2CC(CS)CC2=O)cn1. The Hall–Kier alpha value is -1.56. The second kappa shape index (κ2) is 4.75. The van der Waals surface area contributed by atoms with Crippen LogP contribution < -0.4 is 4.90 Å². The van der Waals surface area contributed by atoms with Gasteiger partial charge < -0.3 is 10.0 Å². The summed E-state index contributed by atoms with van der Waals surface area (Å²) in [7, 11) is 0. The van der Waals surface area contributed by atoms with Gasteiger partial charge in [0.25, 0.3) is 0 Å². The number of carboxylic acid groups (broad SMARTS) is 1. The summed E-state index contributed by atoms with van der Waals surface area (Å²) >= 11 is 4.18. The zero-order valence-electron chi connectivity index (χ0n) is 9.04. The van der Waals surface area contributed by atoms with Gasteiger partial charge in [-0.15, -0.1) is 0 Å². The standard InChI is InChI=1S/C11H12N2O3S/c14-10-3-7(6-17)5-13(10)8-1-2-9(11(15)16)12-4-8/h1-2,4,7,17H,3,5-6H2,(H,15,16). The largest absolute Gasteiger partial charge is 0.477 e. The number of aromatic carboxylic acids is 1. The Kier molecular flexibility index (Phi) is 3.33. The van der Waals surface area contributed by atoms with E-state index in [0.717, 1.165) is 0 Å². The Bertz CT molecular complexity index is 447. The van der Waals surface area contributed by atoms with E-state index < -0.39 is 5.97 Å². The number of carbonyl (C=O) groups excluding carboxylic acids is 1. The van der Waals surface area contributed by atoms with Crippen molar-refractivity contribution in [2.45, 2.75) is 6.42 Å². The quantitative estimate of drug-likeness (QED) is 0.789. The highest BCUT2D eigenvalue weighted by atomic mass is 32.1. The van der Waals surface area contributed by atoms with Crippen LogP contribution in [0.15, 0.2) is 18.3 Å². The van der Waals surface area contributed by atoms with E-state index in [0.29, 0.717) is 24.4 Å². The molecule has 1 N–H and O–H groups in total. The van der Waals surface area contributed by atoms with Crippen LogP contribution in [-0.4, -0.2) is 34.3 Å². The molecule has 1 amide bonds.